The van der Waals surface area contributed by atoms with Gasteiger partial charge in [0.2, 0.25) is 0 Å². The van der Waals surface area contributed by atoms with Crippen molar-refractivity contribution in [3.8, 4) is 0 Å². The lowest BCUT2D eigenvalue weighted by atomic mass is 9.69. The summed E-state index contributed by atoms with van der Waals surface area (Å²) in [5.74, 6) is -0.0974. The number of nitrogens with one attached hydrogen (secondary N) is 1. The normalized spacial score (nSPS) is 23.5. The summed E-state index contributed by atoms with van der Waals surface area (Å²) in [7, 11) is 1.47. The van der Waals surface area contributed by atoms with Crippen molar-refractivity contribution in [1.82, 2.24) is 5.32 Å². The predicted molar refractivity (Wildman–Crippen MR) is 60.7 cm³/mol. The van der Waals surface area contributed by atoms with Gasteiger partial charge in [0.05, 0.1) is 7.11 Å². The second-order valence-electron chi connectivity index (χ2n) is 5.27. The molecule has 1 N–H and O–H groups in total. The van der Waals surface area contributed by atoms with E-state index in [1.165, 1.54) is 7.11 Å². The van der Waals surface area contributed by atoms with Crippen LogP contribution >= 0.6 is 0 Å². The Labute approximate surface area is 92.6 Å². The molecule has 3 nitrogen and oxygen atoms in total. The van der Waals surface area contributed by atoms with Crippen LogP contribution in [0, 0.1) is 5.41 Å². The molecule has 3 heteroatoms. The summed E-state index contributed by atoms with van der Waals surface area (Å²) < 4.78 is 4.91. The number of hydrogen-bond donors (Lipinski definition) is 1. The van der Waals surface area contributed by atoms with E-state index in [0.717, 1.165) is 32.2 Å². The molecule has 0 aromatic rings. The molecule has 0 spiro atoms. The Hall–Kier alpha value is -0.570. The molecule has 1 aliphatic carbocycles. The maximum Gasteiger partial charge on any atom is 0.326 e. The first-order chi connectivity index (χ1) is 6.96. The molecule has 1 fully saturated rings. The van der Waals surface area contributed by atoms with Gasteiger partial charge in [-0.3, -0.25) is 4.79 Å². The van der Waals surface area contributed by atoms with Crippen LogP contribution in [0.2, 0.25) is 0 Å². The molecule has 0 amide bonds. The molecule has 0 aromatic heterocycles. The van der Waals surface area contributed by atoms with Crippen LogP contribution in [-0.4, -0.2) is 25.2 Å². The average Bonchev–Trinajstić information content (AvgIpc) is 2.21. The molecule has 0 aliphatic heterocycles. The Balaban J connectivity index is 2.73. The van der Waals surface area contributed by atoms with Crippen LogP contribution in [0.5, 0.6) is 0 Å². The highest BCUT2D eigenvalue weighted by atomic mass is 16.5. The van der Waals surface area contributed by atoms with Gasteiger partial charge in [-0.25, -0.2) is 0 Å². The minimum atomic E-state index is -0.418. The van der Waals surface area contributed by atoms with Gasteiger partial charge in [0.15, 0.2) is 0 Å². The number of esters is 1. The summed E-state index contributed by atoms with van der Waals surface area (Å²) in [6.45, 7) is 7.38. The number of methoxy groups -OCH3 is 1. The van der Waals surface area contributed by atoms with Gasteiger partial charge < -0.3 is 10.1 Å². The second-order valence-corrected chi connectivity index (χ2v) is 5.27. The fourth-order valence-electron chi connectivity index (χ4n) is 2.34. The van der Waals surface area contributed by atoms with Gasteiger partial charge in [-0.1, -0.05) is 20.8 Å². The lowest BCUT2D eigenvalue weighted by Gasteiger charge is -2.41. The third kappa shape index (κ3) is 2.71. The Kier molecular flexibility index (Phi) is 3.77. The molecule has 0 unspecified atom stereocenters. The van der Waals surface area contributed by atoms with Gasteiger partial charge in [0.1, 0.15) is 5.54 Å². The van der Waals surface area contributed by atoms with Crippen LogP contribution in [0.1, 0.15) is 46.5 Å². The second kappa shape index (κ2) is 4.52. The van der Waals surface area contributed by atoms with E-state index < -0.39 is 5.54 Å². The van der Waals surface area contributed by atoms with Crippen LogP contribution in [0.3, 0.4) is 0 Å². The Morgan fingerprint density at radius 1 is 1.27 bits per heavy atom. The largest absolute Gasteiger partial charge is 0.468 e. The van der Waals surface area contributed by atoms with Crippen molar-refractivity contribution in [3.63, 3.8) is 0 Å². The number of hydrogen-bond acceptors (Lipinski definition) is 3. The van der Waals surface area contributed by atoms with Gasteiger partial charge in [-0.15, -0.1) is 0 Å². The minimum Gasteiger partial charge on any atom is -0.468 e. The van der Waals surface area contributed by atoms with Gasteiger partial charge in [0, 0.05) is 0 Å². The maximum absolute atomic E-state index is 11.8. The fourth-order valence-corrected chi connectivity index (χ4v) is 2.34. The van der Waals surface area contributed by atoms with Crippen molar-refractivity contribution in [2.45, 2.75) is 52.0 Å². The zero-order valence-electron chi connectivity index (χ0n) is 10.4. The van der Waals surface area contributed by atoms with Crippen LogP contribution in [-0.2, 0) is 9.53 Å². The van der Waals surface area contributed by atoms with Crippen LogP contribution < -0.4 is 5.32 Å². The van der Waals surface area contributed by atoms with Crippen molar-refractivity contribution in [2.75, 3.05) is 13.7 Å². The van der Waals surface area contributed by atoms with Gasteiger partial charge >= 0.3 is 5.97 Å². The van der Waals surface area contributed by atoms with Gasteiger partial charge in [-0.2, -0.15) is 0 Å². The van der Waals surface area contributed by atoms with Crippen molar-refractivity contribution in [1.29, 1.82) is 0 Å². The number of likely N-dealkylation sites (N-methyl/N-ethyl adjacent to an activating group) is 1. The predicted octanol–water partition coefficient (Wildman–Crippen LogP) is 2.11. The van der Waals surface area contributed by atoms with E-state index in [2.05, 4.69) is 19.2 Å². The molecule has 1 saturated carbocycles. The van der Waals surface area contributed by atoms with Gasteiger partial charge in [-0.05, 0) is 37.6 Å². The topological polar surface area (TPSA) is 38.3 Å². The third-order valence-corrected chi connectivity index (χ3v) is 3.55. The Morgan fingerprint density at radius 2 is 1.80 bits per heavy atom. The lowest BCUT2D eigenvalue weighted by molar-refractivity contribution is -0.151. The van der Waals surface area contributed by atoms with E-state index in [-0.39, 0.29) is 5.97 Å². The molecule has 1 aliphatic rings. The molecular formula is C12H23NO2. The molecule has 0 bridgehead atoms. The zero-order valence-corrected chi connectivity index (χ0v) is 10.4. The van der Waals surface area contributed by atoms with E-state index in [1.54, 1.807) is 0 Å². The highest BCUT2D eigenvalue weighted by Crippen LogP contribution is 2.40. The summed E-state index contributed by atoms with van der Waals surface area (Å²) in [6, 6.07) is 0. The summed E-state index contributed by atoms with van der Waals surface area (Å²) in [5.41, 5.74) is -0.0496. The van der Waals surface area contributed by atoms with E-state index in [9.17, 15) is 4.79 Å². The van der Waals surface area contributed by atoms with E-state index >= 15 is 0 Å². The Morgan fingerprint density at radius 3 is 2.20 bits per heavy atom. The van der Waals surface area contributed by atoms with Crippen LogP contribution in [0.25, 0.3) is 0 Å². The molecular weight excluding hydrogens is 190 g/mol. The molecule has 0 saturated heterocycles. The molecule has 15 heavy (non-hydrogen) atoms. The van der Waals surface area contributed by atoms with Crippen molar-refractivity contribution >= 4 is 5.97 Å². The first kappa shape index (κ1) is 12.5. The number of carbonyl (C=O) groups is 1. The quantitative estimate of drug-likeness (QED) is 0.730. The number of carbonyl (C=O) groups excluding carboxylic acids is 1. The summed E-state index contributed by atoms with van der Waals surface area (Å²) >= 11 is 0. The monoisotopic (exact) mass is 213 g/mol. The molecule has 0 radical (unpaired) electrons. The van der Waals surface area contributed by atoms with Crippen LogP contribution in [0.15, 0.2) is 0 Å². The molecule has 1 rings (SSSR count). The fraction of sp³-hybridized carbons (Fsp3) is 0.917. The average molecular weight is 213 g/mol. The molecule has 0 aromatic carbocycles. The first-order valence-electron chi connectivity index (χ1n) is 5.79. The summed E-state index contributed by atoms with van der Waals surface area (Å²) in [5, 5.41) is 3.31. The molecule has 88 valence electrons. The summed E-state index contributed by atoms with van der Waals surface area (Å²) in [4.78, 5) is 11.8. The molecule has 0 heterocycles. The van der Waals surface area contributed by atoms with Crippen molar-refractivity contribution in [2.24, 2.45) is 5.41 Å². The van der Waals surface area contributed by atoms with Crippen molar-refractivity contribution in [3.05, 3.63) is 0 Å². The zero-order chi connectivity index (χ0) is 11.5. The van der Waals surface area contributed by atoms with Gasteiger partial charge in [0.25, 0.3) is 0 Å². The smallest absolute Gasteiger partial charge is 0.326 e. The highest BCUT2D eigenvalue weighted by molar-refractivity contribution is 5.80. The first-order valence-corrected chi connectivity index (χ1v) is 5.79. The minimum absolute atomic E-state index is 0.0974. The number of ether oxygens (including phenoxy) is 1. The van der Waals surface area contributed by atoms with E-state index in [0.29, 0.717) is 5.41 Å². The van der Waals surface area contributed by atoms with E-state index in [1.807, 2.05) is 6.92 Å². The van der Waals surface area contributed by atoms with Crippen LogP contribution in [0.4, 0.5) is 0 Å². The Bertz CT molecular complexity index is 226. The number of rotatable bonds is 3. The highest BCUT2D eigenvalue weighted by Gasteiger charge is 2.44. The van der Waals surface area contributed by atoms with E-state index in [4.69, 9.17) is 4.74 Å². The SMILES string of the molecule is CCNC1(C(=O)OC)CCC(C)(C)CC1. The maximum atomic E-state index is 11.8. The van der Waals surface area contributed by atoms with Crippen molar-refractivity contribution < 1.29 is 9.53 Å². The third-order valence-electron chi connectivity index (χ3n) is 3.55. The lowest BCUT2D eigenvalue weighted by Crippen LogP contribution is -2.55. The summed E-state index contributed by atoms with van der Waals surface area (Å²) in [6.07, 6.45) is 3.94. The molecule has 0 atom stereocenters. The standard InChI is InChI=1S/C12H23NO2/c1-5-13-12(10(14)15-4)8-6-11(2,3)7-9-12/h13H,5-9H2,1-4H3.